The van der Waals surface area contributed by atoms with Crippen LogP contribution in [-0.2, 0) is 9.84 Å². The molecule has 0 amide bonds. The Morgan fingerprint density at radius 2 is 1.89 bits per heavy atom. The largest absolute Gasteiger partial charge is 0.314 e. The average Bonchev–Trinajstić information content (AvgIpc) is 2.33. The van der Waals surface area contributed by atoms with Crippen LogP contribution in [0.5, 0.6) is 0 Å². The standard InChI is InChI=1S/C14H29NO2S/c1-3-10-15-14(9-11-18(2,16)17)12-13-7-5-4-6-8-13/h13-15H,3-12H2,1-2H3. The maximum atomic E-state index is 11.3. The molecule has 1 saturated carbocycles. The lowest BCUT2D eigenvalue weighted by Gasteiger charge is -2.27. The first-order chi connectivity index (χ1) is 8.51. The van der Waals surface area contributed by atoms with Gasteiger partial charge in [0.15, 0.2) is 0 Å². The molecule has 0 aromatic rings. The highest BCUT2D eigenvalue weighted by atomic mass is 32.2. The number of hydrogen-bond donors (Lipinski definition) is 1. The van der Waals surface area contributed by atoms with Crippen LogP contribution in [-0.4, -0.2) is 33.0 Å². The van der Waals surface area contributed by atoms with Gasteiger partial charge in [-0.2, -0.15) is 0 Å². The summed E-state index contributed by atoms with van der Waals surface area (Å²) in [5, 5.41) is 3.52. The molecule has 18 heavy (non-hydrogen) atoms. The molecule has 0 aromatic carbocycles. The van der Waals surface area contributed by atoms with Gasteiger partial charge in [0.1, 0.15) is 9.84 Å². The van der Waals surface area contributed by atoms with Crippen LogP contribution in [0.4, 0.5) is 0 Å². The summed E-state index contributed by atoms with van der Waals surface area (Å²) in [6, 6.07) is 0.391. The highest BCUT2D eigenvalue weighted by Gasteiger charge is 2.19. The zero-order valence-electron chi connectivity index (χ0n) is 12.0. The first-order valence-electron chi connectivity index (χ1n) is 7.42. The van der Waals surface area contributed by atoms with Crippen molar-refractivity contribution in [2.45, 2.75) is 64.3 Å². The van der Waals surface area contributed by atoms with Gasteiger partial charge in [-0.1, -0.05) is 39.0 Å². The van der Waals surface area contributed by atoms with Crippen molar-refractivity contribution in [3.8, 4) is 0 Å². The molecule has 1 unspecified atom stereocenters. The lowest BCUT2D eigenvalue weighted by Crippen LogP contribution is -2.34. The first-order valence-corrected chi connectivity index (χ1v) is 9.48. The second-order valence-electron chi connectivity index (χ2n) is 5.81. The molecule has 0 aromatic heterocycles. The summed E-state index contributed by atoms with van der Waals surface area (Å²) in [6.45, 7) is 3.16. The minimum absolute atomic E-state index is 0.321. The van der Waals surface area contributed by atoms with Gasteiger partial charge in [-0.25, -0.2) is 8.42 Å². The van der Waals surface area contributed by atoms with Crippen LogP contribution in [0.3, 0.4) is 0 Å². The van der Waals surface area contributed by atoms with Crippen LogP contribution in [0, 0.1) is 5.92 Å². The van der Waals surface area contributed by atoms with Gasteiger partial charge in [0, 0.05) is 12.3 Å². The van der Waals surface area contributed by atoms with Gasteiger partial charge >= 0.3 is 0 Å². The van der Waals surface area contributed by atoms with E-state index in [1.54, 1.807) is 0 Å². The number of rotatable bonds is 8. The van der Waals surface area contributed by atoms with Crippen LogP contribution < -0.4 is 5.32 Å². The Bertz CT molecular complexity index is 308. The van der Waals surface area contributed by atoms with Crippen LogP contribution in [0.1, 0.15) is 58.3 Å². The summed E-state index contributed by atoms with van der Waals surface area (Å²) < 4.78 is 22.5. The van der Waals surface area contributed by atoms with Crippen molar-refractivity contribution in [1.82, 2.24) is 5.32 Å². The third kappa shape index (κ3) is 7.37. The van der Waals surface area contributed by atoms with E-state index in [4.69, 9.17) is 0 Å². The van der Waals surface area contributed by atoms with Crippen molar-refractivity contribution in [2.24, 2.45) is 5.92 Å². The molecule has 1 rings (SSSR count). The van der Waals surface area contributed by atoms with Crippen LogP contribution in [0.15, 0.2) is 0 Å². The van der Waals surface area contributed by atoms with Crippen molar-refractivity contribution < 1.29 is 8.42 Å². The molecule has 0 bridgehead atoms. The molecule has 1 fully saturated rings. The Labute approximate surface area is 113 Å². The maximum absolute atomic E-state index is 11.3. The number of nitrogens with one attached hydrogen (secondary N) is 1. The zero-order chi connectivity index (χ0) is 13.4. The van der Waals surface area contributed by atoms with E-state index in [1.807, 2.05) is 0 Å². The SMILES string of the molecule is CCCNC(CCS(C)(=O)=O)CC1CCCCC1. The molecule has 0 spiro atoms. The third-order valence-corrected chi connectivity index (χ3v) is 4.84. The molecule has 0 saturated heterocycles. The van der Waals surface area contributed by atoms with E-state index in [-0.39, 0.29) is 0 Å². The van der Waals surface area contributed by atoms with E-state index in [9.17, 15) is 8.42 Å². The molecule has 0 aliphatic heterocycles. The highest BCUT2D eigenvalue weighted by molar-refractivity contribution is 7.90. The van der Waals surface area contributed by atoms with Crippen molar-refractivity contribution in [2.75, 3.05) is 18.6 Å². The Morgan fingerprint density at radius 1 is 1.22 bits per heavy atom. The second kappa shape index (κ2) is 8.16. The summed E-state index contributed by atoms with van der Waals surface area (Å²) in [6.07, 6.45) is 11.2. The third-order valence-electron chi connectivity index (χ3n) is 3.86. The zero-order valence-corrected chi connectivity index (χ0v) is 12.8. The molecule has 1 aliphatic carbocycles. The number of hydrogen-bond acceptors (Lipinski definition) is 3. The van der Waals surface area contributed by atoms with E-state index >= 15 is 0 Å². The summed E-state index contributed by atoms with van der Waals surface area (Å²) in [5.74, 6) is 1.13. The predicted octanol–water partition coefficient (Wildman–Crippen LogP) is 2.76. The van der Waals surface area contributed by atoms with E-state index in [1.165, 1.54) is 38.4 Å². The topological polar surface area (TPSA) is 46.2 Å². The summed E-state index contributed by atoms with van der Waals surface area (Å²) >= 11 is 0. The molecular formula is C14H29NO2S. The highest BCUT2D eigenvalue weighted by Crippen LogP contribution is 2.28. The average molecular weight is 275 g/mol. The van der Waals surface area contributed by atoms with Gasteiger partial charge in [0.25, 0.3) is 0 Å². The summed E-state index contributed by atoms with van der Waals surface area (Å²) in [4.78, 5) is 0. The Balaban J connectivity index is 2.38. The quantitative estimate of drug-likeness (QED) is 0.741. The van der Waals surface area contributed by atoms with Gasteiger partial charge in [-0.15, -0.1) is 0 Å². The molecule has 3 nitrogen and oxygen atoms in total. The van der Waals surface area contributed by atoms with Crippen molar-refractivity contribution in [3.05, 3.63) is 0 Å². The first kappa shape index (κ1) is 16.0. The summed E-state index contributed by atoms with van der Waals surface area (Å²) in [7, 11) is -2.83. The molecule has 1 N–H and O–H groups in total. The molecule has 1 atom stereocenters. The van der Waals surface area contributed by atoms with Crippen LogP contribution >= 0.6 is 0 Å². The Hall–Kier alpha value is -0.0900. The molecule has 4 heteroatoms. The lowest BCUT2D eigenvalue weighted by atomic mass is 9.84. The smallest absolute Gasteiger partial charge is 0.147 e. The molecular weight excluding hydrogens is 246 g/mol. The monoisotopic (exact) mass is 275 g/mol. The fourth-order valence-electron chi connectivity index (χ4n) is 2.83. The van der Waals surface area contributed by atoms with Crippen LogP contribution in [0.2, 0.25) is 0 Å². The normalized spacial score (nSPS) is 19.9. The molecule has 0 radical (unpaired) electrons. The number of sulfone groups is 1. The minimum atomic E-state index is -2.83. The van der Waals surface area contributed by atoms with Gasteiger partial charge in [-0.3, -0.25) is 0 Å². The van der Waals surface area contributed by atoms with E-state index in [0.29, 0.717) is 11.8 Å². The van der Waals surface area contributed by atoms with Crippen molar-refractivity contribution in [3.63, 3.8) is 0 Å². The Kier molecular flexibility index (Phi) is 7.23. The van der Waals surface area contributed by atoms with Gasteiger partial charge < -0.3 is 5.32 Å². The lowest BCUT2D eigenvalue weighted by molar-refractivity contribution is 0.294. The summed E-state index contributed by atoms with van der Waals surface area (Å²) in [5.41, 5.74) is 0. The van der Waals surface area contributed by atoms with E-state index < -0.39 is 9.84 Å². The van der Waals surface area contributed by atoms with Gasteiger partial charge in [-0.05, 0) is 31.7 Å². The minimum Gasteiger partial charge on any atom is -0.314 e. The fourth-order valence-corrected chi connectivity index (χ4v) is 3.55. The predicted molar refractivity (Wildman–Crippen MR) is 77.6 cm³/mol. The van der Waals surface area contributed by atoms with E-state index in [0.717, 1.165) is 31.7 Å². The fraction of sp³-hybridized carbons (Fsp3) is 1.00. The second-order valence-corrected chi connectivity index (χ2v) is 8.07. The van der Waals surface area contributed by atoms with Gasteiger partial charge in [0.05, 0.1) is 5.75 Å². The van der Waals surface area contributed by atoms with E-state index in [2.05, 4.69) is 12.2 Å². The molecule has 0 heterocycles. The molecule has 108 valence electrons. The van der Waals surface area contributed by atoms with Gasteiger partial charge in [0.2, 0.25) is 0 Å². The van der Waals surface area contributed by atoms with Crippen LogP contribution in [0.25, 0.3) is 0 Å². The maximum Gasteiger partial charge on any atom is 0.147 e. The van der Waals surface area contributed by atoms with Crippen molar-refractivity contribution in [1.29, 1.82) is 0 Å². The van der Waals surface area contributed by atoms with Crippen molar-refractivity contribution >= 4 is 9.84 Å². The molecule has 1 aliphatic rings. The Morgan fingerprint density at radius 3 is 2.44 bits per heavy atom.